The van der Waals surface area contributed by atoms with Gasteiger partial charge >= 0.3 is 0 Å². The van der Waals surface area contributed by atoms with Crippen LogP contribution in [0.2, 0.25) is 0 Å². The third-order valence-corrected chi connectivity index (χ3v) is 4.15. The molecule has 2 atom stereocenters. The van der Waals surface area contributed by atoms with Crippen LogP contribution in [0.3, 0.4) is 0 Å². The topological polar surface area (TPSA) is 53.2 Å². The van der Waals surface area contributed by atoms with Crippen LogP contribution in [0.1, 0.15) is 18.0 Å². The summed E-state index contributed by atoms with van der Waals surface area (Å²) in [7, 11) is 0. The van der Waals surface area contributed by atoms with E-state index in [0.717, 1.165) is 28.2 Å². The fourth-order valence-electron chi connectivity index (χ4n) is 2.50. The molecule has 1 heterocycles. The molecule has 0 bridgehead atoms. The van der Waals surface area contributed by atoms with E-state index in [9.17, 15) is 13.6 Å². The average Bonchev–Trinajstić information content (AvgIpc) is 2.97. The Kier molecular flexibility index (Phi) is 4.70. The monoisotopic (exact) mass is 381 g/mol. The number of hydrogen-bond acceptors (Lipinski definition) is 3. The lowest BCUT2D eigenvalue weighted by Crippen LogP contribution is -2.39. The van der Waals surface area contributed by atoms with Crippen LogP contribution in [0.4, 0.5) is 14.5 Å². The zero-order chi connectivity index (χ0) is 16.4. The van der Waals surface area contributed by atoms with Crippen molar-refractivity contribution >= 4 is 27.5 Å². The number of hydrazine groups is 1. The summed E-state index contributed by atoms with van der Waals surface area (Å²) in [6.45, 7) is 0. The molecular formula is C16H14BrF2N3O. The maximum atomic E-state index is 13.1. The number of anilines is 1. The van der Waals surface area contributed by atoms with Gasteiger partial charge in [-0.1, -0.05) is 28.1 Å². The zero-order valence-corrected chi connectivity index (χ0v) is 13.5. The first-order valence-electron chi connectivity index (χ1n) is 7.05. The number of hydrogen-bond donors (Lipinski definition) is 3. The van der Waals surface area contributed by atoms with E-state index in [1.54, 1.807) is 0 Å². The first-order chi connectivity index (χ1) is 11.0. The summed E-state index contributed by atoms with van der Waals surface area (Å²) in [4.78, 5) is 12.2. The van der Waals surface area contributed by atoms with E-state index in [1.807, 2.05) is 24.3 Å². The van der Waals surface area contributed by atoms with Crippen LogP contribution in [0.25, 0.3) is 0 Å². The van der Waals surface area contributed by atoms with E-state index in [-0.39, 0.29) is 17.6 Å². The van der Waals surface area contributed by atoms with Gasteiger partial charge in [-0.3, -0.25) is 4.79 Å². The summed E-state index contributed by atoms with van der Waals surface area (Å²) in [6.07, 6.45) is 0.533. The van der Waals surface area contributed by atoms with E-state index >= 15 is 0 Å². The fourth-order valence-corrected chi connectivity index (χ4v) is 2.76. The summed E-state index contributed by atoms with van der Waals surface area (Å²) in [5.41, 5.74) is 7.11. The smallest absolute Gasteiger partial charge is 0.242 e. The van der Waals surface area contributed by atoms with Gasteiger partial charge in [0.15, 0.2) is 0 Å². The standard InChI is InChI=1S/C16H14BrF2N3O/c17-10-3-1-9(2-4-10)14-8-15(22-21-14)16(23)20-13-6-11(18)5-12(19)7-13/h1-7,14-15,21-22H,8H2,(H,20,23). The molecule has 120 valence electrons. The second kappa shape index (κ2) is 6.74. The van der Waals surface area contributed by atoms with Gasteiger partial charge in [0.05, 0.1) is 0 Å². The van der Waals surface area contributed by atoms with Gasteiger partial charge in [0.2, 0.25) is 5.91 Å². The van der Waals surface area contributed by atoms with E-state index < -0.39 is 17.7 Å². The normalized spacial score (nSPS) is 20.5. The number of halogens is 3. The van der Waals surface area contributed by atoms with E-state index in [0.29, 0.717) is 6.42 Å². The molecule has 0 spiro atoms. The van der Waals surface area contributed by atoms with Gasteiger partial charge in [-0.05, 0) is 36.2 Å². The highest BCUT2D eigenvalue weighted by Gasteiger charge is 2.30. The largest absolute Gasteiger partial charge is 0.324 e. The van der Waals surface area contributed by atoms with Crippen LogP contribution >= 0.6 is 15.9 Å². The molecule has 0 radical (unpaired) electrons. The van der Waals surface area contributed by atoms with Crippen molar-refractivity contribution in [1.82, 2.24) is 10.9 Å². The number of carbonyl (C=O) groups excluding carboxylic acids is 1. The van der Waals surface area contributed by atoms with E-state index in [4.69, 9.17) is 0 Å². The minimum Gasteiger partial charge on any atom is -0.324 e. The molecule has 23 heavy (non-hydrogen) atoms. The highest BCUT2D eigenvalue weighted by Crippen LogP contribution is 2.24. The van der Waals surface area contributed by atoms with E-state index in [2.05, 4.69) is 32.1 Å². The molecule has 1 fully saturated rings. The predicted molar refractivity (Wildman–Crippen MR) is 86.5 cm³/mol. The van der Waals surface area contributed by atoms with Gasteiger partial charge in [-0.2, -0.15) is 0 Å². The van der Waals surface area contributed by atoms with Gasteiger partial charge < -0.3 is 5.32 Å². The number of benzene rings is 2. The van der Waals surface area contributed by atoms with Crippen LogP contribution in [-0.4, -0.2) is 11.9 Å². The molecular weight excluding hydrogens is 368 g/mol. The van der Waals surface area contributed by atoms with Gasteiger partial charge in [0.25, 0.3) is 0 Å². The van der Waals surface area contributed by atoms with E-state index in [1.165, 1.54) is 0 Å². The van der Waals surface area contributed by atoms with Crippen LogP contribution in [-0.2, 0) is 4.79 Å². The van der Waals surface area contributed by atoms with Crippen molar-refractivity contribution in [2.24, 2.45) is 0 Å². The molecule has 0 aliphatic carbocycles. The second-order valence-electron chi connectivity index (χ2n) is 5.33. The molecule has 1 amide bonds. The van der Waals surface area contributed by atoms with Crippen LogP contribution < -0.4 is 16.2 Å². The Labute approximate surface area is 140 Å². The van der Waals surface area contributed by atoms with Crippen molar-refractivity contribution in [3.8, 4) is 0 Å². The third-order valence-electron chi connectivity index (χ3n) is 3.62. The molecule has 0 saturated carbocycles. The van der Waals surface area contributed by atoms with Crippen molar-refractivity contribution in [2.75, 3.05) is 5.32 Å². The fraction of sp³-hybridized carbons (Fsp3) is 0.188. The second-order valence-corrected chi connectivity index (χ2v) is 6.24. The lowest BCUT2D eigenvalue weighted by atomic mass is 10.0. The van der Waals surface area contributed by atoms with Crippen LogP contribution in [0.15, 0.2) is 46.9 Å². The Bertz CT molecular complexity index is 704. The summed E-state index contributed by atoms with van der Waals surface area (Å²) in [6, 6.07) is 10.2. The lowest BCUT2D eigenvalue weighted by Gasteiger charge is -2.11. The molecule has 1 aliphatic heterocycles. The predicted octanol–water partition coefficient (Wildman–Crippen LogP) is 3.27. The number of carbonyl (C=O) groups is 1. The van der Waals surface area contributed by atoms with Gasteiger partial charge in [0, 0.05) is 22.3 Å². The minimum atomic E-state index is -0.731. The highest BCUT2D eigenvalue weighted by atomic mass is 79.9. The first kappa shape index (κ1) is 16.0. The quantitative estimate of drug-likeness (QED) is 0.764. The molecule has 2 unspecified atom stereocenters. The Morgan fingerprint density at radius 2 is 1.74 bits per heavy atom. The third kappa shape index (κ3) is 3.93. The first-order valence-corrected chi connectivity index (χ1v) is 7.84. The SMILES string of the molecule is O=C(Nc1cc(F)cc(F)c1)C1CC(c2ccc(Br)cc2)NN1. The summed E-state index contributed by atoms with van der Waals surface area (Å²) >= 11 is 3.38. The number of nitrogens with one attached hydrogen (secondary N) is 3. The molecule has 1 saturated heterocycles. The Morgan fingerprint density at radius 3 is 2.39 bits per heavy atom. The minimum absolute atomic E-state index is 0.0110. The van der Waals surface area contributed by atoms with Crippen molar-refractivity contribution in [3.63, 3.8) is 0 Å². The maximum absolute atomic E-state index is 13.1. The van der Waals surface area contributed by atoms with Crippen LogP contribution in [0.5, 0.6) is 0 Å². The Balaban J connectivity index is 1.64. The molecule has 0 aromatic heterocycles. The lowest BCUT2D eigenvalue weighted by molar-refractivity contribution is -0.117. The number of amides is 1. The molecule has 3 N–H and O–H groups in total. The molecule has 2 aromatic rings. The summed E-state index contributed by atoms with van der Waals surface area (Å²) in [5.74, 6) is -1.81. The number of rotatable bonds is 3. The molecule has 3 rings (SSSR count). The van der Waals surface area contributed by atoms with Crippen LogP contribution in [0, 0.1) is 11.6 Å². The van der Waals surface area contributed by atoms with Gasteiger partial charge in [-0.15, -0.1) is 0 Å². The summed E-state index contributed by atoms with van der Waals surface area (Å²) in [5, 5.41) is 2.52. The van der Waals surface area contributed by atoms with Crippen molar-refractivity contribution < 1.29 is 13.6 Å². The zero-order valence-electron chi connectivity index (χ0n) is 11.9. The Hall–Kier alpha value is -1.83. The average molecular weight is 382 g/mol. The van der Waals surface area contributed by atoms with Crippen molar-refractivity contribution in [1.29, 1.82) is 0 Å². The molecule has 1 aliphatic rings. The van der Waals surface area contributed by atoms with Gasteiger partial charge in [0.1, 0.15) is 17.7 Å². The molecule has 4 nitrogen and oxygen atoms in total. The summed E-state index contributed by atoms with van der Waals surface area (Å²) < 4.78 is 27.3. The van der Waals surface area contributed by atoms with Gasteiger partial charge in [-0.25, -0.2) is 19.6 Å². The maximum Gasteiger partial charge on any atom is 0.242 e. The van der Waals surface area contributed by atoms with Crippen molar-refractivity contribution in [2.45, 2.75) is 18.5 Å². The molecule has 7 heteroatoms. The highest BCUT2D eigenvalue weighted by molar-refractivity contribution is 9.10. The van der Waals surface area contributed by atoms with Crippen molar-refractivity contribution in [3.05, 3.63) is 64.1 Å². The molecule has 2 aromatic carbocycles. The Morgan fingerprint density at radius 1 is 1.09 bits per heavy atom.